The van der Waals surface area contributed by atoms with Crippen LogP contribution in [0.5, 0.6) is 0 Å². The molecule has 0 saturated carbocycles. The minimum absolute atomic E-state index is 0.442. The molecule has 3 atom stereocenters. The summed E-state index contributed by atoms with van der Waals surface area (Å²) in [6, 6.07) is 1.21. The zero-order chi connectivity index (χ0) is 13.5. The van der Waals surface area contributed by atoms with E-state index in [0.29, 0.717) is 24.1 Å². The number of likely N-dealkylation sites (N-methyl/N-ethyl adjacent to an activating group) is 1. The molecule has 108 valence electrons. The molecule has 3 heteroatoms. The molecule has 0 aliphatic carbocycles. The lowest BCUT2D eigenvalue weighted by Crippen LogP contribution is -2.48. The highest BCUT2D eigenvalue weighted by Gasteiger charge is 2.25. The van der Waals surface area contributed by atoms with Gasteiger partial charge in [-0.2, -0.15) is 0 Å². The third-order valence-corrected chi connectivity index (χ3v) is 4.01. The number of hydrogen-bond donors (Lipinski definition) is 1. The van der Waals surface area contributed by atoms with Crippen LogP contribution in [0.25, 0.3) is 0 Å². The normalized spacial score (nSPS) is 26.8. The fraction of sp³-hybridized carbons (Fsp3) is 1.00. The number of nitrogens with zero attached hydrogens (tertiary/aromatic N) is 1. The third-order valence-electron chi connectivity index (χ3n) is 4.01. The summed E-state index contributed by atoms with van der Waals surface area (Å²) in [6.45, 7) is 15.6. The molecule has 3 nitrogen and oxygen atoms in total. The standard InChI is InChI=1S/C15H32N2O/c1-6-17(7-2)11-13(5)16-14-8-9-18-15(10-14)12(3)4/h12-16H,6-11H2,1-5H3. The molecule has 1 fully saturated rings. The number of ether oxygens (including phenoxy) is 1. The summed E-state index contributed by atoms with van der Waals surface area (Å²) in [7, 11) is 0. The second-order valence-corrected chi connectivity index (χ2v) is 5.93. The first-order valence-corrected chi connectivity index (χ1v) is 7.66. The first-order valence-electron chi connectivity index (χ1n) is 7.66. The summed E-state index contributed by atoms with van der Waals surface area (Å²) in [4.78, 5) is 2.48. The van der Waals surface area contributed by atoms with E-state index >= 15 is 0 Å². The summed E-state index contributed by atoms with van der Waals surface area (Å²) >= 11 is 0. The molecule has 1 aliphatic heterocycles. The lowest BCUT2D eigenvalue weighted by atomic mass is 9.95. The van der Waals surface area contributed by atoms with E-state index < -0.39 is 0 Å². The molecule has 0 amide bonds. The van der Waals surface area contributed by atoms with Gasteiger partial charge in [0, 0.05) is 25.2 Å². The first kappa shape index (κ1) is 15.9. The second-order valence-electron chi connectivity index (χ2n) is 5.93. The van der Waals surface area contributed by atoms with Crippen molar-refractivity contribution in [1.29, 1.82) is 0 Å². The Bertz CT molecular complexity index is 217. The summed E-state index contributed by atoms with van der Waals surface area (Å²) < 4.78 is 5.82. The highest BCUT2D eigenvalue weighted by atomic mass is 16.5. The minimum atomic E-state index is 0.442. The third kappa shape index (κ3) is 5.25. The maximum absolute atomic E-state index is 5.82. The Morgan fingerprint density at radius 2 is 1.89 bits per heavy atom. The van der Waals surface area contributed by atoms with Crippen LogP contribution in [0.1, 0.15) is 47.5 Å². The van der Waals surface area contributed by atoms with Gasteiger partial charge in [-0.05, 0) is 38.8 Å². The molecule has 1 aliphatic rings. The van der Waals surface area contributed by atoms with Gasteiger partial charge in [0.15, 0.2) is 0 Å². The highest BCUT2D eigenvalue weighted by molar-refractivity contribution is 4.81. The van der Waals surface area contributed by atoms with Crippen LogP contribution in [0, 0.1) is 5.92 Å². The van der Waals surface area contributed by atoms with Crippen molar-refractivity contribution in [3.8, 4) is 0 Å². The molecule has 1 saturated heterocycles. The molecule has 0 aromatic heterocycles. The fourth-order valence-corrected chi connectivity index (χ4v) is 2.77. The zero-order valence-corrected chi connectivity index (χ0v) is 12.9. The molecular formula is C15H32N2O. The molecule has 0 bridgehead atoms. The summed E-state index contributed by atoms with van der Waals surface area (Å²) in [5.41, 5.74) is 0. The van der Waals surface area contributed by atoms with Gasteiger partial charge >= 0.3 is 0 Å². The van der Waals surface area contributed by atoms with Crippen LogP contribution in [-0.2, 0) is 4.74 Å². The van der Waals surface area contributed by atoms with Crippen molar-refractivity contribution >= 4 is 0 Å². The van der Waals surface area contributed by atoms with E-state index in [4.69, 9.17) is 4.74 Å². The van der Waals surface area contributed by atoms with E-state index in [2.05, 4.69) is 44.8 Å². The van der Waals surface area contributed by atoms with E-state index in [0.717, 1.165) is 32.7 Å². The van der Waals surface area contributed by atoms with Crippen molar-refractivity contribution in [2.45, 2.75) is 65.6 Å². The molecule has 3 unspecified atom stereocenters. The topological polar surface area (TPSA) is 24.5 Å². The van der Waals surface area contributed by atoms with Crippen molar-refractivity contribution in [2.24, 2.45) is 5.92 Å². The van der Waals surface area contributed by atoms with Crippen molar-refractivity contribution in [3.63, 3.8) is 0 Å². The summed E-state index contributed by atoms with van der Waals surface area (Å²) in [5, 5.41) is 3.78. The van der Waals surface area contributed by atoms with Crippen molar-refractivity contribution < 1.29 is 4.74 Å². The van der Waals surface area contributed by atoms with E-state index in [9.17, 15) is 0 Å². The first-order chi connectivity index (χ1) is 8.56. The molecule has 1 N–H and O–H groups in total. The van der Waals surface area contributed by atoms with Crippen LogP contribution in [0.15, 0.2) is 0 Å². The van der Waals surface area contributed by atoms with Crippen molar-refractivity contribution in [3.05, 3.63) is 0 Å². The molecule has 0 aromatic rings. The Kier molecular flexibility index (Phi) is 7.20. The fourth-order valence-electron chi connectivity index (χ4n) is 2.77. The lowest BCUT2D eigenvalue weighted by molar-refractivity contribution is -0.0261. The van der Waals surface area contributed by atoms with E-state index in [1.165, 1.54) is 6.42 Å². The maximum Gasteiger partial charge on any atom is 0.0612 e. The van der Waals surface area contributed by atoms with Gasteiger partial charge in [-0.15, -0.1) is 0 Å². The Hall–Kier alpha value is -0.120. The smallest absolute Gasteiger partial charge is 0.0612 e. The lowest BCUT2D eigenvalue weighted by Gasteiger charge is -2.35. The van der Waals surface area contributed by atoms with Gasteiger partial charge in [-0.1, -0.05) is 27.7 Å². The molecular weight excluding hydrogens is 224 g/mol. The van der Waals surface area contributed by atoms with Crippen LogP contribution in [0.3, 0.4) is 0 Å². The van der Waals surface area contributed by atoms with Crippen LogP contribution in [0.4, 0.5) is 0 Å². The van der Waals surface area contributed by atoms with Crippen molar-refractivity contribution in [1.82, 2.24) is 10.2 Å². The summed E-state index contributed by atoms with van der Waals surface area (Å²) in [5.74, 6) is 0.632. The van der Waals surface area contributed by atoms with Crippen LogP contribution < -0.4 is 5.32 Å². The van der Waals surface area contributed by atoms with Crippen molar-refractivity contribution in [2.75, 3.05) is 26.2 Å². The van der Waals surface area contributed by atoms with Gasteiger partial charge < -0.3 is 15.0 Å². The Labute approximate surface area is 113 Å². The quantitative estimate of drug-likeness (QED) is 0.757. The number of hydrogen-bond acceptors (Lipinski definition) is 3. The van der Waals surface area contributed by atoms with E-state index in [-0.39, 0.29) is 0 Å². The van der Waals surface area contributed by atoms with Gasteiger partial charge in [0.05, 0.1) is 6.10 Å². The second kappa shape index (κ2) is 8.13. The molecule has 0 radical (unpaired) electrons. The monoisotopic (exact) mass is 256 g/mol. The SMILES string of the molecule is CCN(CC)CC(C)NC1CCOC(C(C)C)C1. The maximum atomic E-state index is 5.82. The van der Waals surface area contributed by atoms with Gasteiger partial charge in [-0.25, -0.2) is 0 Å². The Balaban J connectivity index is 2.32. The number of rotatable bonds is 7. The van der Waals surface area contributed by atoms with E-state index in [1.54, 1.807) is 0 Å². The van der Waals surface area contributed by atoms with Gasteiger partial charge in [0.2, 0.25) is 0 Å². The molecule has 0 spiro atoms. The van der Waals surface area contributed by atoms with E-state index in [1.807, 2.05) is 0 Å². The van der Waals surface area contributed by atoms with Crippen LogP contribution >= 0.6 is 0 Å². The van der Waals surface area contributed by atoms with Gasteiger partial charge in [0.1, 0.15) is 0 Å². The van der Waals surface area contributed by atoms with Crippen LogP contribution in [0.2, 0.25) is 0 Å². The minimum Gasteiger partial charge on any atom is -0.378 e. The van der Waals surface area contributed by atoms with Crippen LogP contribution in [-0.4, -0.2) is 49.3 Å². The summed E-state index contributed by atoms with van der Waals surface area (Å²) in [6.07, 6.45) is 2.77. The average Bonchev–Trinajstić information content (AvgIpc) is 2.36. The van der Waals surface area contributed by atoms with Gasteiger partial charge in [0.25, 0.3) is 0 Å². The Morgan fingerprint density at radius 3 is 2.44 bits per heavy atom. The molecule has 1 heterocycles. The zero-order valence-electron chi connectivity index (χ0n) is 12.9. The molecule has 1 rings (SSSR count). The molecule has 18 heavy (non-hydrogen) atoms. The average molecular weight is 256 g/mol. The number of nitrogens with one attached hydrogen (secondary N) is 1. The predicted molar refractivity (Wildman–Crippen MR) is 78.0 cm³/mol. The highest BCUT2D eigenvalue weighted by Crippen LogP contribution is 2.20. The van der Waals surface area contributed by atoms with Gasteiger partial charge in [-0.3, -0.25) is 0 Å². The largest absolute Gasteiger partial charge is 0.378 e. The molecule has 0 aromatic carbocycles. The predicted octanol–water partition coefficient (Wildman–Crippen LogP) is 2.51. The Morgan fingerprint density at radius 1 is 1.22 bits per heavy atom.